The fourth-order valence-corrected chi connectivity index (χ4v) is 4.85. The van der Waals surface area contributed by atoms with Gasteiger partial charge in [0.05, 0.1) is 5.69 Å². The zero-order valence-corrected chi connectivity index (χ0v) is 14.6. The highest BCUT2D eigenvalue weighted by Gasteiger charge is 2.37. The predicted molar refractivity (Wildman–Crippen MR) is 96.7 cm³/mol. The van der Waals surface area contributed by atoms with E-state index < -0.39 is 0 Å². The molecular formula is C19H21N3OS. The largest absolute Gasteiger partial charge is 0.350 e. The number of aryl methyl sites for hydroxylation is 1. The van der Waals surface area contributed by atoms with Crippen molar-refractivity contribution in [2.45, 2.75) is 38.0 Å². The number of carbonyl (C=O) groups is 1. The number of fused-ring (bicyclic) bond motifs is 1. The van der Waals surface area contributed by atoms with Crippen molar-refractivity contribution in [2.75, 3.05) is 6.54 Å². The number of carbonyl (C=O) groups excluding carboxylic acids is 1. The third-order valence-corrected chi connectivity index (χ3v) is 6.23. The molecule has 3 heterocycles. The first-order chi connectivity index (χ1) is 11.7. The average molecular weight is 339 g/mol. The van der Waals surface area contributed by atoms with Gasteiger partial charge in [0.2, 0.25) is 0 Å². The van der Waals surface area contributed by atoms with Crippen LogP contribution in [0.3, 0.4) is 0 Å². The molecule has 1 amide bonds. The van der Waals surface area contributed by atoms with Gasteiger partial charge in [0.25, 0.3) is 5.91 Å². The molecule has 3 aromatic heterocycles. The molecule has 0 spiro atoms. The average Bonchev–Trinajstić information content (AvgIpc) is 3.31. The highest BCUT2D eigenvalue weighted by atomic mass is 32.1. The van der Waals surface area contributed by atoms with Crippen LogP contribution in [-0.2, 0) is 5.41 Å². The molecule has 0 atom stereocenters. The van der Waals surface area contributed by atoms with Gasteiger partial charge in [0, 0.05) is 23.0 Å². The molecule has 5 heteroatoms. The van der Waals surface area contributed by atoms with Crippen LogP contribution in [0.1, 0.15) is 46.7 Å². The molecule has 124 valence electrons. The highest BCUT2D eigenvalue weighted by Crippen LogP contribution is 2.42. The number of imidazole rings is 1. The van der Waals surface area contributed by atoms with E-state index in [-0.39, 0.29) is 11.3 Å². The zero-order valence-electron chi connectivity index (χ0n) is 13.8. The number of hydrogen-bond donors (Lipinski definition) is 1. The number of thiophene rings is 1. The minimum Gasteiger partial charge on any atom is -0.350 e. The van der Waals surface area contributed by atoms with Crippen molar-refractivity contribution >= 4 is 22.9 Å². The van der Waals surface area contributed by atoms with Gasteiger partial charge in [0.1, 0.15) is 11.3 Å². The molecule has 0 bridgehead atoms. The molecule has 0 saturated heterocycles. The molecule has 0 radical (unpaired) electrons. The Kier molecular flexibility index (Phi) is 3.88. The number of hydrogen-bond acceptors (Lipinski definition) is 3. The van der Waals surface area contributed by atoms with Crippen LogP contribution in [0.5, 0.6) is 0 Å². The van der Waals surface area contributed by atoms with Crippen molar-refractivity contribution in [1.29, 1.82) is 0 Å². The molecular weight excluding hydrogens is 318 g/mol. The lowest BCUT2D eigenvalue weighted by Gasteiger charge is -2.28. The molecule has 1 aliphatic rings. The quantitative estimate of drug-likeness (QED) is 0.782. The van der Waals surface area contributed by atoms with Crippen molar-refractivity contribution in [1.82, 2.24) is 14.7 Å². The van der Waals surface area contributed by atoms with Crippen molar-refractivity contribution in [2.24, 2.45) is 0 Å². The molecule has 0 aromatic carbocycles. The SMILES string of the molecule is Cc1nc2ccccn2c1C(=O)NCC1(c2cccs2)CCCC1. The molecule has 24 heavy (non-hydrogen) atoms. The first-order valence-electron chi connectivity index (χ1n) is 8.45. The van der Waals surface area contributed by atoms with E-state index in [2.05, 4.69) is 27.8 Å². The van der Waals surface area contributed by atoms with Gasteiger partial charge in [-0.2, -0.15) is 0 Å². The van der Waals surface area contributed by atoms with Crippen molar-refractivity contribution < 1.29 is 4.79 Å². The van der Waals surface area contributed by atoms with Gasteiger partial charge in [-0.15, -0.1) is 11.3 Å². The van der Waals surface area contributed by atoms with Crippen LogP contribution < -0.4 is 5.32 Å². The van der Waals surface area contributed by atoms with Crippen LogP contribution in [0.25, 0.3) is 5.65 Å². The van der Waals surface area contributed by atoms with Crippen LogP contribution in [0, 0.1) is 6.92 Å². The monoisotopic (exact) mass is 339 g/mol. The van der Waals surface area contributed by atoms with E-state index in [9.17, 15) is 4.79 Å². The molecule has 1 N–H and O–H groups in total. The molecule has 3 aromatic rings. The molecule has 4 nitrogen and oxygen atoms in total. The number of pyridine rings is 1. The molecule has 0 aliphatic heterocycles. The van der Waals surface area contributed by atoms with E-state index in [0.29, 0.717) is 12.2 Å². The fraction of sp³-hybridized carbons (Fsp3) is 0.368. The Hall–Kier alpha value is -2.14. The summed E-state index contributed by atoms with van der Waals surface area (Å²) in [5.74, 6) is -0.0333. The summed E-state index contributed by atoms with van der Waals surface area (Å²) >= 11 is 1.81. The predicted octanol–water partition coefficient (Wildman–Crippen LogP) is 3.95. The number of amides is 1. The Morgan fingerprint density at radius 1 is 1.29 bits per heavy atom. The molecule has 0 unspecified atom stereocenters. The first kappa shape index (κ1) is 15.4. The Morgan fingerprint density at radius 3 is 2.88 bits per heavy atom. The summed E-state index contributed by atoms with van der Waals surface area (Å²) < 4.78 is 1.87. The summed E-state index contributed by atoms with van der Waals surface area (Å²) in [7, 11) is 0. The molecule has 4 rings (SSSR count). The van der Waals surface area contributed by atoms with E-state index in [1.807, 2.05) is 35.7 Å². The van der Waals surface area contributed by atoms with E-state index in [1.54, 1.807) is 11.3 Å². The van der Waals surface area contributed by atoms with Crippen molar-refractivity contribution in [3.05, 3.63) is 58.2 Å². The van der Waals surface area contributed by atoms with Crippen LogP contribution in [-0.4, -0.2) is 21.8 Å². The first-order valence-corrected chi connectivity index (χ1v) is 9.33. The third-order valence-electron chi connectivity index (χ3n) is 5.11. The Labute approximate surface area is 145 Å². The maximum atomic E-state index is 12.8. The third kappa shape index (κ3) is 2.53. The van der Waals surface area contributed by atoms with E-state index in [1.165, 1.54) is 17.7 Å². The van der Waals surface area contributed by atoms with Crippen LogP contribution in [0.2, 0.25) is 0 Å². The topological polar surface area (TPSA) is 46.4 Å². The van der Waals surface area contributed by atoms with Gasteiger partial charge >= 0.3 is 0 Å². The summed E-state index contributed by atoms with van der Waals surface area (Å²) in [4.78, 5) is 18.7. The summed E-state index contributed by atoms with van der Waals surface area (Å²) in [6, 6.07) is 10.1. The Balaban J connectivity index is 1.59. The summed E-state index contributed by atoms with van der Waals surface area (Å²) in [6.07, 6.45) is 6.68. The maximum absolute atomic E-state index is 12.8. The van der Waals surface area contributed by atoms with Gasteiger partial charge in [-0.05, 0) is 43.3 Å². The van der Waals surface area contributed by atoms with Gasteiger partial charge < -0.3 is 5.32 Å². The summed E-state index contributed by atoms with van der Waals surface area (Å²) in [5, 5.41) is 5.33. The number of nitrogens with zero attached hydrogens (tertiary/aromatic N) is 2. The second-order valence-electron chi connectivity index (χ2n) is 6.62. The lowest BCUT2D eigenvalue weighted by Crippen LogP contribution is -2.39. The van der Waals surface area contributed by atoms with E-state index in [4.69, 9.17) is 0 Å². The molecule has 1 saturated carbocycles. The minimum atomic E-state index is -0.0333. The maximum Gasteiger partial charge on any atom is 0.270 e. The van der Waals surface area contributed by atoms with Crippen LogP contribution in [0.15, 0.2) is 41.9 Å². The van der Waals surface area contributed by atoms with Gasteiger partial charge in [-0.3, -0.25) is 9.20 Å². The number of aromatic nitrogens is 2. The lowest BCUT2D eigenvalue weighted by molar-refractivity contribution is 0.0937. The van der Waals surface area contributed by atoms with Crippen molar-refractivity contribution in [3.63, 3.8) is 0 Å². The van der Waals surface area contributed by atoms with Crippen molar-refractivity contribution in [3.8, 4) is 0 Å². The number of rotatable bonds is 4. The summed E-state index contributed by atoms with van der Waals surface area (Å²) in [5.41, 5.74) is 2.34. The highest BCUT2D eigenvalue weighted by molar-refractivity contribution is 7.10. The van der Waals surface area contributed by atoms with Gasteiger partial charge in [0.15, 0.2) is 0 Å². The van der Waals surface area contributed by atoms with Gasteiger partial charge in [-0.25, -0.2) is 4.98 Å². The number of nitrogens with one attached hydrogen (secondary N) is 1. The lowest BCUT2D eigenvalue weighted by atomic mass is 9.84. The van der Waals surface area contributed by atoms with Gasteiger partial charge in [-0.1, -0.05) is 25.0 Å². The summed E-state index contributed by atoms with van der Waals surface area (Å²) in [6.45, 7) is 2.60. The molecule has 1 aliphatic carbocycles. The van der Waals surface area contributed by atoms with Crippen LogP contribution in [0.4, 0.5) is 0 Å². The van der Waals surface area contributed by atoms with E-state index >= 15 is 0 Å². The van der Waals surface area contributed by atoms with E-state index in [0.717, 1.165) is 24.2 Å². The second kappa shape index (κ2) is 6.06. The minimum absolute atomic E-state index is 0.0333. The fourth-order valence-electron chi connectivity index (χ4n) is 3.86. The zero-order chi connectivity index (χ0) is 16.6. The molecule has 1 fully saturated rings. The normalized spacial score (nSPS) is 16.5. The Bertz CT molecular complexity index is 860. The standard InChI is InChI=1S/C19H21N3OS/c1-14-17(22-11-5-2-8-16(22)21-14)18(23)20-13-19(9-3-4-10-19)15-7-6-12-24-15/h2,5-8,11-12H,3-4,9-10,13H2,1H3,(H,20,23). The second-order valence-corrected chi connectivity index (χ2v) is 7.57. The smallest absolute Gasteiger partial charge is 0.270 e. The Morgan fingerprint density at radius 2 is 2.12 bits per heavy atom. The van der Waals surface area contributed by atoms with Crippen LogP contribution >= 0.6 is 11.3 Å².